The van der Waals surface area contributed by atoms with E-state index in [1.807, 2.05) is 0 Å². The summed E-state index contributed by atoms with van der Waals surface area (Å²) in [5, 5.41) is 11.9. The standard InChI is InChI=1S/C27H18F3N3O4/c28-27(29,30)19-8-4-5-16(13-19)15-37-20-11-9-18(10-12-20)24-23(17-6-2-1-3-7-17)25(34)33-22(31-24)14-21(32-33)26(35)36/h1-14,32H,15H2,(H,35,36). The van der Waals surface area contributed by atoms with Gasteiger partial charge in [-0.2, -0.15) is 13.2 Å². The SMILES string of the molecule is O=C(O)c1cc2nc(-c3ccc(OCc4cccc(C(F)(F)F)c4)cc3)c(-c3ccccc3)c(=O)n2[nH]1. The molecule has 186 valence electrons. The highest BCUT2D eigenvalue weighted by molar-refractivity contribution is 5.87. The van der Waals surface area contributed by atoms with Crippen molar-refractivity contribution in [2.24, 2.45) is 0 Å². The summed E-state index contributed by atoms with van der Waals surface area (Å²) in [5.74, 6) is -0.815. The predicted molar refractivity (Wildman–Crippen MR) is 129 cm³/mol. The Labute approximate surface area is 207 Å². The molecule has 0 unspecified atom stereocenters. The molecule has 2 aromatic heterocycles. The molecular weight excluding hydrogens is 487 g/mol. The fraction of sp³-hybridized carbons (Fsp3) is 0.0741. The van der Waals surface area contributed by atoms with E-state index in [0.29, 0.717) is 28.1 Å². The average Bonchev–Trinajstić information content (AvgIpc) is 3.33. The molecule has 0 saturated carbocycles. The number of alkyl halides is 3. The molecule has 0 aliphatic carbocycles. The quantitative estimate of drug-likeness (QED) is 0.311. The number of benzene rings is 3. The van der Waals surface area contributed by atoms with Gasteiger partial charge in [-0.1, -0.05) is 42.5 Å². The number of halogens is 3. The Kier molecular flexibility index (Phi) is 6.00. The second-order valence-electron chi connectivity index (χ2n) is 8.19. The summed E-state index contributed by atoms with van der Waals surface area (Å²) in [4.78, 5) is 29.4. The van der Waals surface area contributed by atoms with Crippen molar-refractivity contribution < 1.29 is 27.8 Å². The molecule has 7 nitrogen and oxygen atoms in total. The lowest BCUT2D eigenvalue weighted by Crippen LogP contribution is -2.19. The van der Waals surface area contributed by atoms with E-state index in [9.17, 15) is 27.9 Å². The van der Waals surface area contributed by atoms with Crippen molar-refractivity contribution in [2.45, 2.75) is 12.8 Å². The molecule has 10 heteroatoms. The zero-order chi connectivity index (χ0) is 26.2. The second-order valence-corrected chi connectivity index (χ2v) is 8.19. The molecule has 37 heavy (non-hydrogen) atoms. The number of fused-ring (bicyclic) bond motifs is 1. The van der Waals surface area contributed by atoms with Crippen molar-refractivity contribution in [3.05, 3.63) is 112 Å². The van der Waals surface area contributed by atoms with Crippen LogP contribution in [-0.4, -0.2) is 25.7 Å². The van der Waals surface area contributed by atoms with E-state index in [-0.39, 0.29) is 23.5 Å². The number of H-pyrrole nitrogens is 1. The van der Waals surface area contributed by atoms with Crippen molar-refractivity contribution in [3.8, 4) is 28.1 Å². The molecule has 0 atom stereocenters. The van der Waals surface area contributed by atoms with Crippen molar-refractivity contribution in [1.82, 2.24) is 14.6 Å². The van der Waals surface area contributed by atoms with Gasteiger partial charge in [0.1, 0.15) is 18.1 Å². The molecule has 5 rings (SSSR count). The highest BCUT2D eigenvalue weighted by Crippen LogP contribution is 2.31. The average molecular weight is 505 g/mol. The van der Waals surface area contributed by atoms with E-state index >= 15 is 0 Å². The number of carbonyl (C=O) groups is 1. The van der Waals surface area contributed by atoms with Crippen molar-refractivity contribution >= 4 is 11.6 Å². The van der Waals surface area contributed by atoms with Gasteiger partial charge in [0, 0.05) is 11.6 Å². The van der Waals surface area contributed by atoms with E-state index in [0.717, 1.165) is 16.6 Å². The Bertz CT molecular complexity index is 1660. The predicted octanol–water partition coefficient (Wildman–Crippen LogP) is 5.65. The summed E-state index contributed by atoms with van der Waals surface area (Å²) in [6, 6.07) is 21.6. The number of carboxylic acids is 1. The van der Waals surface area contributed by atoms with Gasteiger partial charge in [0.25, 0.3) is 5.56 Å². The zero-order valence-electron chi connectivity index (χ0n) is 19.0. The highest BCUT2D eigenvalue weighted by atomic mass is 19.4. The van der Waals surface area contributed by atoms with Gasteiger partial charge in [-0.3, -0.25) is 9.89 Å². The molecule has 5 aromatic rings. The molecule has 0 spiro atoms. The summed E-state index contributed by atoms with van der Waals surface area (Å²) >= 11 is 0. The third-order valence-electron chi connectivity index (χ3n) is 5.70. The van der Waals surface area contributed by atoms with Crippen LogP contribution < -0.4 is 10.3 Å². The lowest BCUT2D eigenvalue weighted by atomic mass is 10.0. The van der Waals surface area contributed by atoms with Gasteiger partial charge in [-0.15, -0.1) is 0 Å². The van der Waals surface area contributed by atoms with Gasteiger partial charge in [0.05, 0.1) is 16.8 Å². The minimum atomic E-state index is -4.44. The largest absolute Gasteiger partial charge is 0.489 e. The van der Waals surface area contributed by atoms with Gasteiger partial charge >= 0.3 is 12.1 Å². The lowest BCUT2D eigenvalue weighted by molar-refractivity contribution is -0.137. The monoisotopic (exact) mass is 505 g/mol. The summed E-state index contributed by atoms with van der Waals surface area (Å²) < 4.78 is 45.6. The maximum absolute atomic E-state index is 13.4. The number of carboxylic acid groups (broad SMARTS) is 1. The Morgan fingerprint density at radius 2 is 1.68 bits per heavy atom. The summed E-state index contributed by atoms with van der Waals surface area (Å²) in [7, 11) is 0. The topological polar surface area (TPSA) is 96.7 Å². The van der Waals surface area contributed by atoms with Crippen LogP contribution in [0, 0.1) is 0 Å². The molecule has 0 bridgehead atoms. The Hall–Kier alpha value is -4.86. The number of ether oxygens (including phenoxy) is 1. The second kappa shape index (κ2) is 9.30. The first-order chi connectivity index (χ1) is 17.7. The van der Waals surface area contributed by atoms with Gasteiger partial charge in [0.2, 0.25) is 0 Å². The van der Waals surface area contributed by atoms with E-state index in [1.165, 1.54) is 12.1 Å². The molecule has 0 amide bonds. The normalized spacial score (nSPS) is 11.5. The van der Waals surface area contributed by atoms with Crippen molar-refractivity contribution in [1.29, 1.82) is 0 Å². The number of aromatic amines is 1. The summed E-state index contributed by atoms with van der Waals surface area (Å²) in [5.41, 5.74) is 0.896. The number of nitrogens with zero attached hydrogens (tertiary/aromatic N) is 2. The summed E-state index contributed by atoms with van der Waals surface area (Å²) in [6.45, 7) is -0.0641. The first-order valence-electron chi connectivity index (χ1n) is 11.0. The number of rotatable bonds is 6. The van der Waals surface area contributed by atoms with Crippen LogP contribution in [0.2, 0.25) is 0 Å². The van der Waals surface area contributed by atoms with Crippen LogP contribution in [0.4, 0.5) is 13.2 Å². The zero-order valence-corrected chi connectivity index (χ0v) is 19.0. The fourth-order valence-electron chi connectivity index (χ4n) is 3.92. The van der Waals surface area contributed by atoms with Crippen LogP contribution >= 0.6 is 0 Å². The molecule has 0 fully saturated rings. The van der Waals surface area contributed by atoms with Crippen LogP contribution in [0.25, 0.3) is 28.0 Å². The third-order valence-corrected chi connectivity index (χ3v) is 5.70. The Balaban J connectivity index is 1.49. The van der Waals surface area contributed by atoms with Crippen LogP contribution in [-0.2, 0) is 12.8 Å². The molecule has 3 aromatic carbocycles. The molecule has 0 saturated heterocycles. The minimum Gasteiger partial charge on any atom is -0.489 e. The van der Waals surface area contributed by atoms with Gasteiger partial charge in [0.15, 0.2) is 5.65 Å². The highest BCUT2D eigenvalue weighted by Gasteiger charge is 2.30. The molecule has 2 heterocycles. The van der Waals surface area contributed by atoms with Gasteiger partial charge in [-0.25, -0.2) is 14.3 Å². The molecule has 2 N–H and O–H groups in total. The van der Waals surface area contributed by atoms with Gasteiger partial charge in [-0.05, 0) is 47.5 Å². The van der Waals surface area contributed by atoms with Crippen molar-refractivity contribution in [3.63, 3.8) is 0 Å². The summed E-state index contributed by atoms with van der Waals surface area (Å²) in [6.07, 6.45) is -4.44. The van der Waals surface area contributed by atoms with Crippen molar-refractivity contribution in [2.75, 3.05) is 0 Å². The first-order valence-corrected chi connectivity index (χ1v) is 11.0. The number of hydrogen-bond donors (Lipinski definition) is 2. The van der Waals surface area contributed by atoms with Crippen LogP contribution in [0.3, 0.4) is 0 Å². The maximum Gasteiger partial charge on any atom is 0.416 e. The minimum absolute atomic E-state index is 0.0641. The molecule has 0 radical (unpaired) electrons. The molecular formula is C27H18F3N3O4. The van der Waals surface area contributed by atoms with E-state index < -0.39 is 23.3 Å². The van der Waals surface area contributed by atoms with E-state index in [4.69, 9.17) is 4.74 Å². The number of nitrogens with one attached hydrogen (secondary N) is 1. The third kappa shape index (κ3) is 4.81. The van der Waals surface area contributed by atoms with Gasteiger partial charge < -0.3 is 9.84 Å². The Morgan fingerprint density at radius 1 is 0.946 bits per heavy atom. The van der Waals surface area contributed by atoms with Crippen LogP contribution in [0.1, 0.15) is 21.6 Å². The smallest absolute Gasteiger partial charge is 0.416 e. The lowest BCUT2D eigenvalue weighted by Gasteiger charge is -2.12. The molecule has 0 aliphatic rings. The first kappa shape index (κ1) is 23.9. The number of hydrogen-bond acceptors (Lipinski definition) is 4. The molecule has 0 aliphatic heterocycles. The fourth-order valence-corrected chi connectivity index (χ4v) is 3.92. The van der Waals surface area contributed by atoms with E-state index in [1.54, 1.807) is 60.7 Å². The van der Waals surface area contributed by atoms with E-state index in [2.05, 4.69) is 10.1 Å². The number of aromatic carboxylic acids is 1. The van der Waals surface area contributed by atoms with Crippen LogP contribution in [0.15, 0.2) is 89.7 Å². The number of aromatic nitrogens is 3. The van der Waals surface area contributed by atoms with Crippen LogP contribution in [0.5, 0.6) is 5.75 Å². The Morgan fingerprint density at radius 3 is 2.35 bits per heavy atom. The maximum atomic E-state index is 13.4.